The zero-order valence-corrected chi connectivity index (χ0v) is 10.4. The number of para-hydroxylation sites is 1. The van der Waals surface area contributed by atoms with E-state index in [2.05, 4.69) is 42.4 Å². The summed E-state index contributed by atoms with van der Waals surface area (Å²) >= 11 is 0. The lowest BCUT2D eigenvalue weighted by Crippen LogP contribution is -2.17. The highest BCUT2D eigenvalue weighted by Crippen LogP contribution is 2.30. The molecule has 2 heterocycles. The first-order chi connectivity index (χ1) is 8.16. The van der Waals surface area contributed by atoms with E-state index in [0.29, 0.717) is 6.61 Å². The molecule has 1 aromatic carbocycles. The molecule has 17 heavy (non-hydrogen) atoms. The molecule has 1 N–H and O–H groups in total. The number of hydrogen-bond acceptors (Lipinski definition) is 3. The summed E-state index contributed by atoms with van der Waals surface area (Å²) in [6.07, 6.45) is 2.35. The number of benzene rings is 1. The second-order valence-corrected chi connectivity index (χ2v) is 5.39. The van der Waals surface area contributed by atoms with E-state index in [9.17, 15) is 0 Å². The average molecular weight is 230 g/mol. The van der Waals surface area contributed by atoms with E-state index in [1.165, 1.54) is 17.7 Å². The van der Waals surface area contributed by atoms with Crippen molar-refractivity contribution in [1.82, 2.24) is 0 Å². The normalized spacial score (nSPS) is 21.2. The van der Waals surface area contributed by atoms with E-state index in [4.69, 9.17) is 4.74 Å². The van der Waals surface area contributed by atoms with Crippen LogP contribution < -0.4 is 5.32 Å². The SMILES string of the molecule is CC1(C)COC(c2cccc3c2NCCC3)=N1. The van der Waals surface area contributed by atoms with E-state index in [-0.39, 0.29) is 5.54 Å². The molecule has 2 aliphatic rings. The number of nitrogens with one attached hydrogen (secondary N) is 1. The van der Waals surface area contributed by atoms with E-state index >= 15 is 0 Å². The number of nitrogens with zero attached hydrogens (tertiary/aromatic N) is 1. The molecule has 3 heteroatoms. The quantitative estimate of drug-likeness (QED) is 0.804. The summed E-state index contributed by atoms with van der Waals surface area (Å²) in [5.74, 6) is 0.793. The minimum absolute atomic E-state index is 0.0906. The Morgan fingerprint density at radius 2 is 2.24 bits per heavy atom. The van der Waals surface area contributed by atoms with Crippen molar-refractivity contribution in [3.63, 3.8) is 0 Å². The highest BCUT2D eigenvalue weighted by atomic mass is 16.5. The van der Waals surface area contributed by atoms with Gasteiger partial charge in [-0.15, -0.1) is 0 Å². The molecule has 0 bridgehead atoms. The Hall–Kier alpha value is -1.51. The first-order valence-corrected chi connectivity index (χ1v) is 6.24. The lowest BCUT2D eigenvalue weighted by atomic mass is 9.99. The number of ether oxygens (including phenoxy) is 1. The van der Waals surface area contributed by atoms with Crippen LogP contribution in [0.15, 0.2) is 23.2 Å². The lowest BCUT2D eigenvalue weighted by molar-refractivity contribution is 0.279. The first-order valence-electron chi connectivity index (χ1n) is 6.24. The molecule has 0 atom stereocenters. The van der Waals surface area contributed by atoms with E-state index in [1.807, 2.05) is 0 Å². The van der Waals surface area contributed by atoms with Crippen molar-refractivity contribution in [2.75, 3.05) is 18.5 Å². The van der Waals surface area contributed by atoms with Gasteiger partial charge in [0.05, 0.1) is 16.8 Å². The predicted molar refractivity (Wildman–Crippen MR) is 69.8 cm³/mol. The Kier molecular flexibility index (Phi) is 2.35. The van der Waals surface area contributed by atoms with Gasteiger partial charge >= 0.3 is 0 Å². The van der Waals surface area contributed by atoms with Gasteiger partial charge in [-0.05, 0) is 38.3 Å². The molecule has 2 aliphatic heterocycles. The molecule has 0 spiro atoms. The molecule has 0 aliphatic carbocycles. The van der Waals surface area contributed by atoms with Gasteiger partial charge in [0.1, 0.15) is 6.61 Å². The standard InChI is InChI=1S/C14H18N2O/c1-14(2)9-17-13(16-14)11-7-3-5-10-6-4-8-15-12(10)11/h3,5,7,15H,4,6,8-9H2,1-2H3. The van der Waals surface area contributed by atoms with Crippen LogP contribution in [0, 0.1) is 0 Å². The molecule has 3 nitrogen and oxygen atoms in total. The van der Waals surface area contributed by atoms with Gasteiger partial charge in [0.15, 0.2) is 0 Å². The highest BCUT2D eigenvalue weighted by Gasteiger charge is 2.29. The summed E-state index contributed by atoms with van der Waals surface area (Å²) in [5.41, 5.74) is 3.62. The molecule has 3 rings (SSSR count). The average Bonchev–Trinajstić information content (AvgIpc) is 2.69. The summed E-state index contributed by atoms with van der Waals surface area (Å²) in [4.78, 5) is 4.65. The third-order valence-electron chi connectivity index (χ3n) is 3.27. The van der Waals surface area contributed by atoms with Gasteiger partial charge in [0.2, 0.25) is 5.90 Å². The van der Waals surface area contributed by atoms with Gasteiger partial charge in [0, 0.05) is 6.54 Å². The van der Waals surface area contributed by atoms with Gasteiger partial charge in [-0.3, -0.25) is 0 Å². The van der Waals surface area contributed by atoms with Crippen LogP contribution in [-0.4, -0.2) is 24.6 Å². The zero-order chi connectivity index (χ0) is 11.9. The van der Waals surface area contributed by atoms with Gasteiger partial charge in [-0.2, -0.15) is 0 Å². The summed E-state index contributed by atoms with van der Waals surface area (Å²) < 4.78 is 5.73. The molecule has 0 saturated heterocycles. The summed E-state index contributed by atoms with van der Waals surface area (Å²) in [6, 6.07) is 6.38. The predicted octanol–water partition coefficient (Wildman–Crippen LogP) is 2.60. The Morgan fingerprint density at radius 3 is 3.00 bits per heavy atom. The number of anilines is 1. The third-order valence-corrected chi connectivity index (χ3v) is 3.27. The van der Waals surface area contributed by atoms with Crippen molar-refractivity contribution >= 4 is 11.6 Å². The molecule has 90 valence electrons. The van der Waals surface area contributed by atoms with Crippen molar-refractivity contribution < 1.29 is 4.74 Å². The molecule has 0 unspecified atom stereocenters. The summed E-state index contributed by atoms with van der Waals surface area (Å²) in [6.45, 7) is 5.92. The summed E-state index contributed by atoms with van der Waals surface area (Å²) in [5, 5.41) is 3.47. The van der Waals surface area contributed by atoms with E-state index in [1.54, 1.807) is 0 Å². The van der Waals surface area contributed by atoms with Crippen LogP contribution >= 0.6 is 0 Å². The van der Waals surface area contributed by atoms with Crippen molar-refractivity contribution in [2.24, 2.45) is 4.99 Å². The molecule has 0 aromatic heterocycles. The van der Waals surface area contributed by atoms with Gasteiger partial charge < -0.3 is 10.1 Å². The summed E-state index contributed by atoms with van der Waals surface area (Å²) in [7, 11) is 0. The number of aliphatic imine (C=N–C) groups is 1. The minimum Gasteiger partial charge on any atom is -0.475 e. The van der Waals surface area contributed by atoms with Gasteiger partial charge in [-0.1, -0.05) is 12.1 Å². The Balaban J connectivity index is 2.04. The fourth-order valence-electron chi connectivity index (χ4n) is 2.41. The maximum atomic E-state index is 5.73. The van der Waals surface area contributed by atoms with Crippen LogP contribution in [0.4, 0.5) is 5.69 Å². The van der Waals surface area contributed by atoms with Crippen LogP contribution in [0.1, 0.15) is 31.4 Å². The molecule has 0 saturated carbocycles. The van der Waals surface area contributed by atoms with E-state index < -0.39 is 0 Å². The second kappa shape index (κ2) is 3.76. The number of fused-ring (bicyclic) bond motifs is 1. The second-order valence-electron chi connectivity index (χ2n) is 5.39. The third kappa shape index (κ3) is 1.90. The largest absolute Gasteiger partial charge is 0.475 e. The lowest BCUT2D eigenvalue weighted by Gasteiger charge is -2.20. The number of hydrogen-bond donors (Lipinski definition) is 1. The van der Waals surface area contributed by atoms with Crippen molar-refractivity contribution in [3.05, 3.63) is 29.3 Å². The fraction of sp³-hybridized carbons (Fsp3) is 0.500. The van der Waals surface area contributed by atoms with Crippen LogP contribution in [0.3, 0.4) is 0 Å². The highest BCUT2D eigenvalue weighted by molar-refractivity contribution is 6.01. The minimum atomic E-state index is -0.0906. The van der Waals surface area contributed by atoms with Crippen LogP contribution in [0.25, 0.3) is 0 Å². The van der Waals surface area contributed by atoms with Gasteiger partial charge in [-0.25, -0.2) is 4.99 Å². The fourth-order valence-corrected chi connectivity index (χ4v) is 2.41. The van der Waals surface area contributed by atoms with Crippen molar-refractivity contribution in [3.8, 4) is 0 Å². The van der Waals surface area contributed by atoms with Crippen LogP contribution in [0.2, 0.25) is 0 Å². The Bertz CT molecular complexity index is 477. The molecule has 0 amide bonds. The molecular weight excluding hydrogens is 212 g/mol. The molecule has 1 aromatic rings. The topological polar surface area (TPSA) is 33.6 Å². The van der Waals surface area contributed by atoms with Crippen LogP contribution in [-0.2, 0) is 11.2 Å². The monoisotopic (exact) mass is 230 g/mol. The zero-order valence-electron chi connectivity index (χ0n) is 10.4. The molecule has 0 fully saturated rings. The maximum absolute atomic E-state index is 5.73. The van der Waals surface area contributed by atoms with Crippen molar-refractivity contribution in [1.29, 1.82) is 0 Å². The van der Waals surface area contributed by atoms with Crippen LogP contribution in [0.5, 0.6) is 0 Å². The maximum Gasteiger partial charge on any atom is 0.218 e. The van der Waals surface area contributed by atoms with Gasteiger partial charge in [0.25, 0.3) is 0 Å². The molecule has 0 radical (unpaired) electrons. The smallest absolute Gasteiger partial charge is 0.218 e. The van der Waals surface area contributed by atoms with Crippen molar-refractivity contribution in [2.45, 2.75) is 32.2 Å². The molecular formula is C14H18N2O. The Morgan fingerprint density at radius 1 is 1.35 bits per heavy atom. The number of aryl methyl sites for hydroxylation is 1. The van der Waals surface area contributed by atoms with E-state index in [0.717, 1.165) is 24.4 Å². The Labute approximate surface area is 102 Å². The first kappa shape index (κ1) is 10.6. The number of rotatable bonds is 1.